The summed E-state index contributed by atoms with van der Waals surface area (Å²) in [5.74, 6) is -7.59. The Morgan fingerprint density at radius 1 is 0.333 bits per heavy atom. The van der Waals surface area contributed by atoms with E-state index in [9.17, 15) is 24.0 Å². The van der Waals surface area contributed by atoms with E-state index < -0.39 is 28.9 Å². The van der Waals surface area contributed by atoms with E-state index in [2.05, 4.69) is 68.5 Å². The third-order valence-corrected chi connectivity index (χ3v) is 5.72. The largest absolute Gasteiger partial charge is 0.281 e. The van der Waals surface area contributed by atoms with Crippen LogP contribution in [0.2, 0.25) is 0 Å². The van der Waals surface area contributed by atoms with Gasteiger partial charge in [-0.15, -0.1) is 0 Å². The molecule has 0 aliphatic heterocycles. The predicted octanol–water partition coefficient (Wildman–Crippen LogP) is 3.41. The van der Waals surface area contributed by atoms with Crippen molar-refractivity contribution < 1.29 is 40.5 Å². The number of ketones is 5. The molecule has 192 valence electrons. The molecule has 0 amide bonds. The van der Waals surface area contributed by atoms with Crippen LogP contribution < -0.4 is 0 Å². The molecule has 1 fully saturated rings. The Morgan fingerprint density at radius 3 is 0.744 bits per heavy atom. The van der Waals surface area contributed by atoms with Gasteiger partial charge in [-0.1, -0.05) is 48.5 Å². The van der Waals surface area contributed by atoms with Crippen molar-refractivity contribution >= 4 is 72.5 Å². The Labute approximate surface area is 230 Å². The van der Waals surface area contributed by atoms with Gasteiger partial charge >= 0.3 is 0 Å². The summed E-state index contributed by atoms with van der Waals surface area (Å²) in [5, 5.41) is 4.55. The second-order valence-corrected chi connectivity index (χ2v) is 8.08. The number of benzene rings is 2. The predicted molar refractivity (Wildman–Crippen MR) is 139 cm³/mol. The molecule has 0 radical (unpaired) electrons. The normalized spacial score (nSPS) is 12.7. The van der Waals surface area contributed by atoms with E-state index in [0.717, 1.165) is 43.6 Å². The van der Waals surface area contributed by atoms with Gasteiger partial charge in [0.05, 0.1) is 22.1 Å². The zero-order valence-corrected chi connectivity index (χ0v) is 20.9. The van der Waals surface area contributed by atoms with Crippen molar-refractivity contribution in [2.75, 3.05) is 0 Å². The molecule has 0 N–H and O–H groups in total. The second-order valence-electron chi connectivity index (χ2n) is 8.08. The fraction of sp³-hybridized carbons (Fsp3) is 0. The molecule has 1 aliphatic carbocycles. The molecular formula is C29H16N4NiO5. The molecule has 0 bridgehead atoms. The van der Waals surface area contributed by atoms with E-state index >= 15 is 0 Å². The standard InChI is InChI=1S/2C12H8N2.C5O5.Ni/c2*1-3-9-5-6-10-4-2-8-14-12(10)11(9)13-7-1;6-1-2(7)4(9)5(10)3(1)8;/h2*1-8H;;. The van der Waals surface area contributed by atoms with E-state index in [1.807, 2.05) is 24.3 Å². The maximum atomic E-state index is 10.2. The zero-order valence-electron chi connectivity index (χ0n) is 19.9. The summed E-state index contributed by atoms with van der Waals surface area (Å²) in [7, 11) is 0. The molecule has 39 heavy (non-hydrogen) atoms. The topological polar surface area (TPSA) is 137 Å². The van der Waals surface area contributed by atoms with Crippen LogP contribution in [0.1, 0.15) is 0 Å². The average molecular weight is 559 g/mol. The Balaban J connectivity index is 0.000000136. The molecule has 1 aliphatic rings. The molecule has 0 spiro atoms. The van der Waals surface area contributed by atoms with Crippen LogP contribution in [0.5, 0.6) is 0 Å². The molecule has 4 heterocycles. The van der Waals surface area contributed by atoms with Gasteiger partial charge < -0.3 is 0 Å². The van der Waals surface area contributed by atoms with Crippen LogP contribution in [-0.4, -0.2) is 48.9 Å². The molecule has 0 unspecified atom stereocenters. The van der Waals surface area contributed by atoms with Crippen LogP contribution in [-0.2, 0) is 40.5 Å². The number of nitrogens with zero attached hydrogens (tertiary/aromatic N) is 4. The average Bonchev–Trinajstić information content (AvgIpc) is 3.15. The Morgan fingerprint density at radius 2 is 0.538 bits per heavy atom. The van der Waals surface area contributed by atoms with Gasteiger partial charge in [0.25, 0.3) is 28.9 Å². The SMILES string of the molecule is O=C1C(=O)C(=O)C(=O)C1=O.[Ni].c1cnc2c(c1)ccc1cccnc12.c1cnc2c(c1)ccc1cccnc12. The number of hydrogen-bond donors (Lipinski definition) is 0. The third-order valence-electron chi connectivity index (χ3n) is 5.72. The number of Topliss-reactive ketones (excluding diaryl/α,β-unsaturated/α-hetero) is 5. The molecule has 0 saturated heterocycles. The molecule has 4 aromatic heterocycles. The molecule has 7 rings (SSSR count). The van der Waals surface area contributed by atoms with Crippen molar-refractivity contribution in [2.24, 2.45) is 0 Å². The van der Waals surface area contributed by atoms with Crippen LogP contribution >= 0.6 is 0 Å². The Bertz CT molecular complexity index is 1630. The molecule has 9 nitrogen and oxygen atoms in total. The number of pyridine rings is 4. The summed E-state index contributed by atoms with van der Waals surface area (Å²) in [4.78, 5) is 68.3. The fourth-order valence-electron chi connectivity index (χ4n) is 3.88. The fourth-order valence-corrected chi connectivity index (χ4v) is 3.88. The second kappa shape index (κ2) is 11.5. The van der Waals surface area contributed by atoms with Crippen molar-refractivity contribution in [2.45, 2.75) is 0 Å². The quantitative estimate of drug-likeness (QED) is 0.156. The van der Waals surface area contributed by atoms with Gasteiger partial charge in [0, 0.05) is 62.8 Å². The molecule has 0 atom stereocenters. The summed E-state index contributed by atoms with van der Waals surface area (Å²) in [6.45, 7) is 0. The van der Waals surface area contributed by atoms with Gasteiger partial charge in [0.2, 0.25) is 0 Å². The molecule has 10 heteroatoms. The minimum atomic E-state index is -1.52. The van der Waals surface area contributed by atoms with Crippen LogP contribution in [0.25, 0.3) is 43.6 Å². The van der Waals surface area contributed by atoms with Crippen LogP contribution in [0.4, 0.5) is 0 Å². The van der Waals surface area contributed by atoms with E-state index in [0.29, 0.717) is 0 Å². The maximum Gasteiger partial charge on any atom is 0.281 e. The Hall–Kier alpha value is -5.08. The van der Waals surface area contributed by atoms with Crippen molar-refractivity contribution in [3.63, 3.8) is 0 Å². The molecule has 6 aromatic rings. The third kappa shape index (κ3) is 5.32. The molecule has 2 aromatic carbocycles. The summed E-state index contributed by atoms with van der Waals surface area (Å²) in [5.41, 5.74) is 3.91. The van der Waals surface area contributed by atoms with E-state index in [-0.39, 0.29) is 16.5 Å². The molecular weight excluding hydrogens is 543 g/mol. The van der Waals surface area contributed by atoms with Crippen molar-refractivity contribution in [3.8, 4) is 0 Å². The number of fused-ring (bicyclic) bond motifs is 6. The van der Waals surface area contributed by atoms with Crippen LogP contribution in [0, 0.1) is 0 Å². The summed E-state index contributed by atoms with van der Waals surface area (Å²) >= 11 is 0. The van der Waals surface area contributed by atoms with E-state index in [1.54, 1.807) is 24.8 Å². The first-order valence-corrected chi connectivity index (χ1v) is 11.3. The number of aromatic nitrogens is 4. The number of carbonyl (C=O) groups excluding carboxylic acids is 5. The first kappa shape index (κ1) is 27.0. The summed E-state index contributed by atoms with van der Waals surface area (Å²) in [6.07, 6.45) is 7.21. The number of carbonyl (C=O) groups is 5. The number of rotatable bonds is 0. The van der Waals surface area contributed by atoms with Gasteiger partial charge in [0.1, 0.15) is 0 Å². The van der Waals surface area contributed by atoms with Gasteiger partial charge in [-0.3, -0.25) is 43.9 Å². The minimum Gasteiger partial charge on any atom is -0.281 e. The minimum absolute atomic E-state index is 0. The zero-order chi connectivity index (χ0) is 26.6. The van der Waals surface area contributed by atoms with Crippen LogP contribution in [0.3, 0.4) is 0 Å². The molecule has 1 saturated carbocycles. The summed E-state index contributed by atoms with van der Waals surface area (Å²) < 4.78 is 0. The number of hydrogen-bond acceptors (Lipinski definition) is 9. The smallest absolute Gasteiger partial charge is 0.281 e. The maximum absolute atomic E-state index is 10.2. The van der Waals surface area contributed by atoms with Gasteiger partial charge in [0.15, 0.2) is 0 Å². The first-order chi connectivity index (χ1) is 18.5. The van der Waals surface area contributed by atoms with Crippen molar-refractivity contribution in [1.82, 2.24) is 19.9 Å². The van der Waals surface area contributed by atoms with Crippen LogP contribution in [0.15, 0.2) is 97.6 Å². The van der Waals surface area contributed by atoms with Gasteiger partial charge in [-0.05, 0) is 24.3 Å². The van der Waals surface area contributed by atoms with Gasteiger partial charge in [-0.2, -0.15) is 0 Å². The van der Waals surface area contributed by atoms with Crippen molar-refractivity contribution in [1.29, 1.82) is 0 Å². The van der Waals surface area contributed by atoms with E-state index in [1.165, 1.54) is 0 Å². The van der Waals surface area contributed by atoms with Crippen molar-refractivity contribution in [3.05, 3.63) is 97.6 Å². The summed E-state index contributed by atoms with van der Waals surface area (Å²) in [6, 6.07) is 24.3. The van der Waals surface area contributed by atoms with E-state index in [4.69, 9.17) is 0 Å². The Kier molecular flexibility index (Phi) is 7.98. The first-order valence-electron chi connectivity index (χ1n) is 11.3. The van der Waals surface area contributed by atoms with Gasteiger partial charge in [-0.25, -0.2) is 0 Å². The monoisotopic (exact) mass is 558 g/mol.